The van der Waals surface area contributed by atoms with Crippen LogP contribution in [0.25, 0.3) is 22.0 Å². The molecule has 1 fully saturated rings. The number of aryl methyl sites for hydroxylation is 1. The molecule has 0 atom stereocenters. The fraction of sp³-hybridized carbons (Fsp3) is 0.233. The van der Waals surface area contributed by atoms with Gasteiger partial charge in [0.1, 0.15) is 29.0 Å². The summed E-state index contributed by atoms with van der Waals surface area (Å²) in [6.07, 6.45) is 5.38. The standard InChI is InChI=1S/C30H27F2N5O4S/c1-19-11-27(35-41-19)34-29(38)18-42(39,40)26-17-37(25-14-23(31)13-24(32)30(25)26)16-20-5-4-6-21(12-20)22-7-8-28(33-15-22)36-9-2-3-10-36/h4-8,11-15,17H,2-3,9-10,16,18H2,1H3,(H,34,35,38). The summed E-state index contributed by atoms with van der Waals surface area (Å²) in [6, 6.07) is 14.7. The molecule has 1 amide bonds. The van der Waals surface area contributed by atoms with E-state index >= 15 is 4.39 Å². The molecule has 4 heterocycles. The van der Waals surface area contributed by atoms with Crippen LogP contribution in [-0.4, -0.2) is 47.9 Å². The van der Waals surface area contributed by atoms with Gasteiger partial charge in [-0.05, 0) is 55.2 Å². The summed E-state index contributed by atoms with van der Waals surface area (Å²) < 4.78 is 62.4. The molecule has 0 aliphatic carbocycles. The van der Waals surface area contributed by atoms with Crippen LogP contribution in [0.4, 0.5) is 20.4 Å². The van der Waals surface area contributed by atoms with Gasteiger partial charge in [-0.2, -0.15) is 0 Å². The number of carbonyl (C=O) groups is 1. The van der Waals surface area contributed by atoms with Gasteiger partial charge in [0.05, 0.1) is 15.8 Å². The monoisotopic (exact) mass is 591 g/mol. The number of halogens is 2. The minimum absolute atomic E-state index is 0.0562. The van der Waals surface area contributed by atoms with Gasteiger partial charge in [-0.3, -0.25) is 4.79 Å². The molecular formula is C30H27F2N5O4S. The molecule has 1 aliphatic heterocycles. The van der Waals surface area contributed by atoms with Crippen molar-refractivity contribution in [1.82, 2.24) is 14.7 Å². The van der Waals surface area contributed by atoms with Crippen LogP contribution in [0.3, 0.4) is 0 Å². The predicted octanol–water partition coefficient (Wildman–Crippen LogP) is 5.34. The molecule has 2 aromatic carbocycles. The quantitative estimate of drug-likeness (QED) is 0.259. The van der Waals surface area contributed by atoms with Crippen molar-refractivity contribution in [2.45, 2.75) is 31.2 Å². The summed E-state index contributed by atoms with van der Waals surface area (Å²) in [7, 11) is -4.33. The van der Waals surface area contributed by atoms with Gasteiger partial charge >= 0.3 is 0 Å². The van der Waals surface area contributed by atoms with Gasteiger partial charge in [0.15, 0.2) is 15.7 Å². The highest BCUT2D eigenvalue weighted by atomic mass is 32.2. The summed E-state index contributed by atoms with van der Waals surface area (Å²) in [6.45, 7) is 3.75. The van der Waals surface area contributed by atoms with Gasteiger partial charge in [-0.15, -0.1) is 0 Å². The largest absolute Gasteiger partial charge is 0.360 e. The van der Waals surface area contributed by atoms with Crippen LogP contribution in [0, 0.1) is 18.6 Å². The van der Waals surface area contributed by atoms with E-state index in [-0.39, 0.29) is 23.3 Å². The van der Waals surface area contributed by atoms with E-state index in [1.807, 2.05) is 42.6 Å². The van der Waals surface area contributed by atoms with Gasteiger partial charge < -0.3 is 19.3 Å². The molecule has 1 aliphatic rings. The Morgan fingerprint density at radius 2 is 1.86 bits per heavy atom. The molecule has 1 saturated heterocycles. The molecule has 216 valence electrons. The number of rotatable bonds is 8. The number of hydrogen-bond acceptors (Lipinski definition) is 7. The van der Waals surface area contributed by atoms with Gasteiger partial charge in [-0.1, -0.05) is 23.4 Å². The van der Waals surface area contributed by atoms with Gasteiger partial charge in [0, 0.05) is 49.7 Å². The number of sulfone groups is 1. The van der Waals surface area contributed by atoms with Crippen LogP contribution in [0.2, 0.25) is 0 Å². The van der Waals surface area contributed by atoms with Crippen LogP contribution in [0.5, 0.6) is 0 Å². The Bertz CT molecular complexity index is 1890. The molecule has 9 nitrogen and oxygen atoms in total. The maximum absolute atomic E-state index is 15.1. The summed E-state index contributed by atoms with van der Waals surface area (Å²) >= 11 is 0. The summed E-state index contributed by atoms with van der Waals surface area (Å²) in [4.78, 5) is 19.0. The Labute approximate surface area is 240 Å². The summed E-state index contributed by atoms with van der Waals surface area (Å²) in [5.74, 6) is -2.29. The van der Waals surface area contributed by atoms with E-state index in [1.165, 1.54) is 16.8 Å². The van der Waals surface area contributed by atoms with E-state index in [1.54, 1.807) is 6.92 Å². The molecule has 1 N–H and O–H groups in total. The maximum atomic E-state index is 15.1. The molecule has 0 radical (unpaired) electrons. The number of carbonyl (C=O) groups excluding carboxylic acids is 1. The van der Waals surface area contributed by atoms with E-state index in [2.05, 4.69) is 20.4 Å². The zero-order valence-electron chi connectivity index (χ0n) is 22.7. The molecule has 0 saturated carbocycles. The van der Waals surface area contributed by atoms with E-state index < -0.39 is 38.0 Å². The van der Waals surface area contributed by atoms with Crippen LogP contribution in [-0.2, 0) is 21.2 Å². The lowest BCUT2D eigenvalue weighted by Gasteiger charge is -2.16. The van der Waals surface area contributed by atoms with Gasteiger partial charge in [-0.25, -0.2) is 22.2 Å². The molecule has 12 heteroatoms. The maximum Gasteiger partial charge on any atom is 0.241 e. The van der Waals surface area contributed by atoms with E-state index in [0.717, 1.165) is 54.5 Å². The Hall–Kier alpha value is -4.58. The van der Waals surface area contributed by atoms with Crippen molar-refractivity contribution in [3.8, 4) is 11.1 Å². The molecule has 6 rings (SSSR count). The van der Waals surface area contributed by atoms with Gasteiger partial charge in [0.2, 0.25) is 5.91 Å². The highest BCUT2D eigenvalue weighted by molar-refractivity contribution is 7.92. The number of amides is 1. The molecule has 0 unspecified atom stereocenters. The number of anilines is 2. The second-order valence-electron chi connectivity index (χ2n) is 10.3. The first kappa shape index (κ1) is 27.6. The van der Waals surface area contributed by atoms with Crippen LogP contribution in [0.15, 0.2) is 76.4 Å². The lowest BCUT2D eigenvalue weighted by Crippen LogP contribution is -2.23. The zero-order valence-corrected chi connectivity index (χ0v) is 23.5. The minimum Gasteiger partial charge on any atom is -0.360 e. The first-order valence-electron chi connectivity index (χ1n) is 13.4. The van der Waals surface area contributed by atoms with Crippen molar-refractivity contribution in [3.63, 3.8) is 0 Å². The molecule has 0 spiro atoms. The van der Waals surface area contributed by atoms with Gasteiger partial charge in [0.25, 0.3) is 0 Å². The van der Waals surface area contributed by atoms with E-state index in [0.29, 0.717) is 11.8 Å². The first-order chi connectivity index (χ1) is 20.2. The first-order valence-corrected chi connectivity index (χ1v) is 15.1. The molecule has 5 aromatic rings. The fourth-order valence-electron chi connectivity index (χ4n) is 5.26. The SMILES string of the molecule is Cc1cc(NC(=O)CS(=O)(=O)c2cn(Cc3cccc(-c4ccc(N5CCCC5)nc4)c3)c3cc(F)cc(F)c23)no1. The normalized spacial score (nSPS) is 13.6. The van der Waals surface area contributed by atoms with Crippen LogP contribution in [0.1, 0.15) is 24.2 Å². The number of hydrogen-bond donors (Lipinski definition) is 1. The third-order valence-corrected chi connectivity index (χ3v) is 8.83. The Balaban J connectivity index is 1.29. The average molecular weight is 592 g/mol. The molecule has 3 aromatic heterocycles. The third-order valence-electron chi connectivity index (χ3n) is 7.21. The second kappa shape index (κ2) is 11.0. The number of benzene rings is 2. The van der Waals surface area contributed by atoms with Crippen molar-refractivity contribution in [3.05, 3.63) is 89.9 Å². The topological polar surface area (TPSA) is 110 Å². The van der Waals surface area contributed by atoms with Crippen LogP contribution < -0.4 is 10.2 Å². The van der Waals surface area contributed by atoms with Crippen molar-refractivity contribution in [1.29, 1.82) is 0 Å². The Kier molecular flexibility index (Phi) is 7.23. The Morgan fingerprint density at radius 3 is 2.57 bits per heavy atom. The smallest absolute Gasteiger partial charge is 0.241 e. The number of nitrogens with zero attached hydrogens (tertiary/aromatic N) is 4. The van der Waals surface area contributed by atoms with Crippen molar-refractivity contribution in [2.75, 3.05) is 29.1 Å². The average Bonchev–Trinajstić information content (AvgIpc) is 3.70. The number of aromatic nitrogens is 3. The minimum atomic E-state index is -4.33. The fourth-order valence-corrected chi connectivity index (χ4v) is 6.64. The predicted molar refractivity (Wildman–Crippen MR) is 154 cm³/mol. The lowest BCUT2D eigenvalue weighted by atomic mass is 10.0. The highest BCUT2D eigenvalue weighted by Crippen LogP contribution is 2.31. The summed E-state index contributed by atoms with van der Waals surface area (Å²) in [5, 5.41) is 5.70. The number of fused-ring (bicyclic) bond motifs is 1. The molecular weight excluding hydrogens is 564 g/mol. The molecule has 0 bridgehead atoms. The number of pyridine rings is 1. The molecule has 42 heavy (non-hydrogen) atoms. The highest BCUT2D eigenvalue weighted by Gasteiger charge is 2.27. The van der Waals surface area contributed by atoms with E-state index in [9.17, 15) is 17.6 Å². The number of nitrogens with one attached hydrogen (secondary N) is 1. The third kappa shape index (κ3) is 5.62. The Morgan fingerprint density at radius 1 is 1.05 bits per heavy atom. The van der Waals surface area contributed by atoms with E-state index in [4.69, 9.17) is 4.52 Å². The van der Waals surface area contributed by atoms with Crippen molar-refractivity contribution < 1.29 is 26.5 Å². The van der Waals surface area contributed by atoms with Crippen LogP contribution >= 0.6 is 0 Å². The lowest BCUT2D eigenvalue weighted by molar-refractivity contribution is -0.113. The summed E-state index contributed by atoms with van der Waals surface area (Å²) in [5.41, 5.74) is 2.64. The zero-order chi connectivity index (χ0) is 29.4. The second-order valence-corrected chi connectivity index (χ2v) is 12.3. The van der Waals surface area contributed by atoms with Crippen molar-refractivity contribution >= 4 is 38.3 Å². The van der Waals surface area contributed by atoms with Crippen molar-refractivity contribution in [2.24, 2.45) is 0 Å².